The molecule has 1 nitrogen and oxygen atoms in total. The average molecular weight is 322 g/mol. The number of Topliss-reactive ketones (excluding diaryl/α,β-unsaturated/α-hetero) is 1. The molecule has 24 heavy (non-hydrogen) atoms. The van der Waals surface area contributed by atoms with E-state index in [0.29, 0.717) is 6.42 Å². The number of carbonyl (C=O) groups excluding carboxylic acids is 1. The molecule has 0 aromatic heterocycles. The van der Waals surface area contributed by atoms with Gasteiger partial charge in [-0.3, -0.25) is 4.79 Å². The van der Waals surface area contributed by atoms with Crippen molar-refractivity contribution < 1.29 is 4.79 Å². The number of aryl methyl sites for hydroxylation is 1. The normalized spacial score (nSPS) is 10.7. The summed E-state index contributed by atoms with van der Waals surface area (Å²) in [4.78, 5) is 12.0. The highest BCUT2D eigenvalue weighted by molar-refractivity contribution is 5.95. The predicted molar refractivity (Wildman–Crippen MR) is 102 cm³/mol. The van der Waals surface area contributed by atoms with Crippen LogP contribution in [0.25, 0.3) is 0 Å². The van der Waals surface area contributed by atoms with Crippen LogP contribution in [0, 0.1) is 0 Å². The molecular weight excluding hydrogens is 292 g/mol. The summed E-state index contributed by atoms with van der Waals surface area (Å²) < 4.78 is 0. The Morgan fingerprint density at radius 1 is 0.583 bits per heavy atom. The van der Waals surface area contributed by atoms with Crippen molar-refractivity contribution >= 4 is 5.78 Å². The smallest absolute Gasteiger partial charge is 0.162 e. The lowest BCUT2D eigenvalue weighted by molar-refractivity contribution is 0.0979. The zero-order valence-electron chi connectivity index (χ0n) is 14.8. The first-order chi connectivity index (χ1) is 11.9. The number of unbranched alkanes of at least 4 members (excludes halogenated alkanes) is 7. The number of rotatable bonds is 12. The third kappa shape index (κ3) is 7.59. The standard InChI is InChI=1S/C23H30O/c24-23(22-18-12-8-13-19-22)20-14-6-4-2-1-3-5-9-15-21-16-10-7-11-17-21/h7-8,10-13,16-19H,1-6,9,14-15,20H2. The third-order valence-corrected chi connectivity index (χ3v) is 4.56. The second kappa shape index (κ2) is 11.6. The molecule has 128 valence electrons. The van der Waals surface area contributed by atoms with E-state index in [9.17, 15) is 4.79 Å². The fraction of sp³-hybridized carbons (Fsp3) is 0.435. The van der Waals surface area contributed by atoms with E-state index in [-0.39, 0.29) is 5.78 Å². The molecule has 0 radical (unpaired) electrons. The van der Waals surface area contributed by atoms with E-state index in [1.165, 1.54) is 56.9 Å². The minimum atomic E-state index is 0.288. The maximum Gasteiger partial charge on any atom is 0.162 e. The highest BCUT2D eigenvalue weighted by Crippen LogP contribution is 2.13. The Morgan fingerprint density at radius 3 is 1.71 bits per heavy atom. The summed E-state index contributed by atoms with van der Waals surface area (Å²) in [5.41, 5.74) is 2.32. The van der Waals surface area contributed by atoms with Crippen molar-refractivity contribution in [2.24, 2.45) is 0 Å². The Kier molecular flexibility index (Phi) is 8.93. The van der Waals surface area contributed by atoms with Gasteiger partial charge in [-0.25, -0.2) is 0 Å². The van der Waals surface area contributed by atoms with Gasteiger partial charge < -0.3 is 0 Å². The van der Waals surface area contributed by atoms with Crippen LogP contribution in [0.3, 0.4) is 0 Å². The Balaban J connectivity index is 1.40. The molecule has 0 saturated heterocycles. The molecule has 0 aliphatic carbocycles. The monoisotopic (exact) mass is 322 g/mol. The van der Waals surface area contributed by atoms with Crippen LogP contribution >= 0.6 is 0 Å². The number of benzene rings is 2. The van der Waals surface area contributed by atoms with Gasteiger partial charge in [0.15, 0.2) is 5.78 Å². The van der Waals surface area contributed by atoms with E-state index in [1.807, 2.05) is 30.3 Å². The minimum Gasteiger partial charge on any atom is -0.294 e. The van der Waals surface area contributed by atoms with Crippen molar-refractivity contribution in [1.82, 2.24) is 0 Å². The second-order valence-electron chi connectivity index (χ2n) is 6.60. The zero-order chi connectivity index (χ0) is 16.9. The highest BCUT2D eigenvalue weighted by atomic mass is 16.1. The molecule has 0 bridgehead atoms. The largest absolute Gasteiger partial charge is 0.294 e. The first-order valence-electron chi connectivity index (χ1n) is 9.48. The van der Waals surface area contributed by atoms with Crippen LogP contribution in [0.2, 0.25) is 0 Å². The van der Waals surface area contributed by atoms with Crippen LogP contribution in [-0.4, -0.2) is 5.78 Å². The van der Waals surface area contributed by atoms with E-state index >= 15 is 0 Å². The van der Waals surface area contributed by atoms with Crippen LogP contribution in [0.1, 0.15) is 73.7 Å². The molecule has 0 saturated carbocycles. The molecule has 0 unspecified atom stereocenters. The van der Waals surface area contributed by atoms with E-state index in [1.54, 1.807) is 0 Å². The first kappa shape index (κ1) is 18.4. The lowest BCUT2D eigenvalue weighted by Gasteiger charge is -2.03. The van der Waals surface area contributed by atoms with Gasteiger partial charge in [-0.15, -0.1) is 0 Å². The van der Waals surface area contributed by atoms with Gasteiger partial charge in [0.2, 0.25) is 0 Å². The summed E-state index contributed by atoms with van der Waals surface area (Å²) in [5.74, 6) is 0.288. The number of ketones is 1. The van der Waals surface area contributed by atoms with Crippen molar-refractivity contribution in [3.63, 3.8) is 0 Å². The van der Waals surface area contributed by atoms with E-state index in [0.717, 1.165) is 12.0 Å². The molecular formula is C23H30O. The van der Waals surface area contributed by atoms with Gasteiger partial charge in [0, 0.05) is 12.0 Å². The van der Waals surface area contributed by atoms with Gasteiger partial charge in [-0.2, -0.15) is 0 Å². The Bertz CT molecular complexity index is 559. The van der Waals surface area contributed by atoms with Crippen molar-refractivity contribution in [3.8, 4) is 0 Å². The molecule has 0 aliphatic heterocycles. The SMILES string of the molecule is O=C(CCCCCCCCCCc1ccccc1)c1ccccc1. The van der Waals surface area contributed by atoms with Crippen LogP contribution in [-0.2, 0) is 6.42 Å². The van der Waals surface area contributed by atoms with Crippen molar-refractivity contribution in [2.75, 3.05) is 0 Å². The average Bonchev–Trinajstić information content (AvgIpc) is 2.64. The number of hydrogen-bond donors (Lipinski definition) is 0. The minimum absolute atomic E-state index is 0.288. The van der Waals surface area contributed by atoms with Gasteiger partial charge in [0.25, 0.3) is 0 Å². The van der Waals surface area contributed by atoms with Crippen LogP contribution in [0.15, 0.2) is 60.7 Å². The molecule has 0 fully saturated rings. The summed E-state index contributed by atoms with van der Waals surface area (Å²) >= 11 is 0. The van der Waals surface area contributed by atoms with Gasteiger partial charge >= 0.3 is 0 Å². The van der Waals surface area contributed by atoms with Crippen LogP contribution in [0.5, 0.6) is 0 Å². The molecule has 2 aromatic rings. The number of carbonyl (C=O) groups is 1. The van der Waals surface area contributed by atoms with Crippen LogP contribution in [0.4, 0.5) is 0 Å². The van der Waals surface area contributed by atoms with Crippen molar-refractivity contribution in [2.45, 2.75) is 64.2 Å². The Morgan fingerprint density at radius 2 is 1.08 bits per heavy atom. The Labute approximate surface area is 147 Å². The van der Waals surface area contributed by atoms with Gasteiger partial charge in [-0.05, 0) is 24.8 Å². The molecule has 2 rings (SSSR count). The molecule has 0 atom stereocenters. The van der Waals surface area contributed by atoms with E-state index in [2.05, 4.69) is 30.3 Å². The molecule has 0 aliphatic rings. The van der Waals surface area contributed by atoms with E-state index in [4.69, 9.17) is 0 Å². The molecule has 0 N–H and O–H groups in total. The van der Waals surface area contributed by atoms with Crippen molar-refractivity contribution in [3.05, 3.63) is 71.8 Å². The molecule has 1 heteroatoms. The van der Waals surface area contributed by atoms with Crippen molar-refractivity contribution in [1.29, 1.82) is 0 Å². The summed E-state index contributed by atoms with van der Waals surface area (Å²) in [7, 11) is 0. The molecule has 0 heterocycles. The third-order valence-electron chi connectivity index (χ3n) is 4.56. The van der Waals surface area contributed by atoms with Gasteiger partial charge in [0.1, 0.15) is 0 Å². The summed E-state index contributed by atoms with van der Waals surface area (Å²) in [6.45, 7) is 0. The Hall–Kier alpha value is -1.89. The summed E-state index contributed by atoms with van der Waals surface area (Å²) in [6, 6.07) is 20.4. The predicted octanol–water partition coefficient (Wildman–Crippen LogP) is 6.62. The molecule has 2 aromatic carbocycles. The maximum absolute atomic E-state index is 12.0. The lowest BCUT2D eigenvalue weighted by atomic mass is 10.0. The lowest BCUT2D eigenvalue weighted by Crippen LogP contribution is -1.98. The molecule has 0 amide bonds. The van der Waals surface area contributed by atoms with Crippen LogP contribution < -0.4 is 0 Å². The fourth-order valence-corrected chi connectivity index (χ4v) is 3.09. The summed E-state index contributed by atoms with van der Waals surface area (Å²) in [5, 5.41) is 0. The first-order valence-corrected chi connectivity index (χ1v) is 9.48. The molecule has 0 spiro atoms. The fourth-order valence-electron chi connectivity index (χ4n) is 3.09. The quantitative estimate of drug-likeness (QED) is 0.317. The zero-order valence-corrected chi connectivity index (χ0v) is 14.8. The van der Waals surface area contributed by atoms with Gasteiger partial charge in [-0.1, -0.05) is 99.2 Å². The topological polar surface area (TPSA) is 17.1 Å². The highest BCUT2D eigenvalue weighted by Gasteiger charge is 2.03. The summed E-state index contributed by atoms with van der Waals surface area (Å²) in [6.07, 6.45) is 12.0. The van der Waals surface area contributed by atoms with Gasteiger partial charge in [0.05, 0.1) is 0 Å². The maximum atomic E-state index is 12.0. The second-order valence-corrected chi connectivity index (χ2v) is 6.60. The number of hydrogen-bond acceptors (Lipinski definition) is 1. The van der Waals surface area contributed by atoms with E-state index < -0.39 is 0 Å².